The molecule has 2 saturated heterocycles. The fourth-order valence-electron chi connectivity index (χ4n) is 4.48. The number of carbonyl (C=O) groups is 1. The van der Waals surface area contributed by atoms with Crippen LogP contribution in [0.4, 0.5) is 4.39 Å². The van der Waals surface area contributed by atoms with Crippen LogP contribution in [0.5, 0.6) is 0 Å². The van der Waals surface area contributed by atoms with Gasteiger partial charge in [-0.05, 0) is 56.2 Å². The third-order valence-corrected chi connectivity index (χ3v) is 6.06. The van der Waals surface area contributed by atoms with Crippen molar-refractivity contribution in [2.75, 3.05) is 39.4 Å². The number of hydrogen-bond acceptors (Lipinski definition) is 3. The van der Waals surface area contributed by atoms with Crippen LogP contribution < -0.4 is 11.1 Å². The molecule has 3 N–H and O–H groups in total. The van der Waals surface area contributed by atoms with Gasteiger partial charge in [-0.2, -0.15) is 0 Å². The summed E-state index contributed by atoms with van der Waals surface area (Å²) in [5.41, 5.74) is 6.18. The molecule has 0 aromatic heterocycles. The van der Waals surface area contributed by atoms with E-state index in [-0.39, 0.29) is 23.1 Å². The van der Waals surface area contributed by atoms with Gasteiger partial charge in [0.1, 0.15) is 5.82 Å². The van der Waals surface area contributed by atoms with Crippen molar-refractivity contribution < 1.29 is 13.9 Å². The number of nitrogens with zero attached hydrogens (tertiary/aromatic N) is 2. The van der Waals surface area contributed by atoms with Gasteiger partial charge in [0.25, 0.3) is 0 Å². The summed E-state index contributed by atoms with van der Waals surface area (Å²) in [6.45, 7) is 6.42. The van der Waals surface area contributed by atoms with Gasteiger partial charge in [0, 0.05) is 44.7 Å². The highest BCUT2D eigenvalue weighted by Crippen LogP contribution is 2.35. The van der Waals surface area contributed by atoms with E-state index in [1.54, 1.807) is 12.1 Å². The minimum Gasteiger partial charge on any atom is -0.381 e. The topological polar surface area (TPSA) is 80.0 Å². The maximum absolute atomic E-state index is 13.9. The van der Waals surface area contributed by atoms with E-state index >= 15 is 0 Å². The number of ether oxygens (including phenoxy) is 1. The van der Waals surface area contributed by atoms with Gasteiger partial charge in [-0.25, -0.2) is 4.39 Å². The predicted octanol–water partition coefficient (Wildman–Crippen LogP) is 2.43. The van der Waals surface area contributed by atoms with Crippen molar-refractivity contribution in [3.8, 4) is 0 Å². The molecule has 2 aliphatic rings. The number of primary amides is 1. The molecular weight excluding hydrogens is 371 g/mol. The molecule has 1 amide bonds. The Morgan fingerprint density at radius 2 is 2.21 bits per heavy atom. The van der Waals surface area contributed by atoms with Crippen molar-refractivity contribution in [2.24, 2.45) is 16.6 Å². The molecular formula is C22H33FN4O2. The number of likely N-dealkylation sites (tertiary alicyclic amines) is 1. The number of benzene rings is 1. The minimum absolute atomic E-state index is 0.213. The molecule has 0 saturated carbocycles. The summed E-state index contributed by atoms with van der Waals surface area (Å²) in [6, 6.07) is 6.89. The second-order valence-electron chi connectivity index (χ2n) is 8.20. The molecule has 1 aromatic rings. The van der Waals surface area contributed by atoms with Crippen molar-refractivity contribution in [1.82, 2.24) is 10.2 Å². The van der Waals surface area contributed by atoms with Crippen LogP contribution in [0.15, 0.2) is 29.3 Å². The average Bonchev–Trinajstić information content (AvgIpc) is 2.71. The van der Waals surface area contributed by atoms with Gasteiger partial charge in [-0.15, -0.1) is 0 Å². The zero-order valence-electron chi connectivity index (χ0n) is 17.3. The standard InChI is InChI=1S/C22H33FN4O2/c1-2-25-21(27-10-4-5-17(15-27)13-20(24)28)26-16-22(8-11-29-12-9-22)18-6-3-7-19(23)14-18/h3,6-7,14,17H,2,4-5,8-13,15-16H2,1H3,(H2,24,28)(H,25,26). The average molecular weight is 405 g/mol. The molecule has 3 rings (SSSR count). The summed E-state index contributed by atoms with van der Waals surface area (Å²) in [7, 11) is 0. The third-order valence-electron chi connectivity index (χ3n) is 6.06. The van der Waals surface area contributed by atoms with Crippen molar-refractivity contribution in [3.05, 3.63) is 35.6 Å². The fourth-order valence-corrected chi connectivity index (χ4v) is 4.48. The van der Waals surface area contributed by atoms with Crippen LogP contribution >= 0.6 is 0 Å². The molecule has 1 unspecified atom stereocenters. The van der Waals surface area contributed by atoms with Gasteiger partial charge in [0.05, 0.1) is 6.54 Å². The predicted molar refractivity (Wildman–Crippen MR) is 112 cm³/mol. The molecule has 6 nitrogen and oxygen atoms in total. The largest absolute Gasteiger partial charge is 0.381 e. The van der Waals surface area contributed by atoms with E-state index in [4.69, 9.17) is 15.5 Å². The Balaban J connectivity index is 1.80. The van der Waals surface area contributed by atoms with Crippen LogP contribution in [-0.2, 0) is 14.9 Å². The Kier molecular flexibility index (Phi) is 7.47. The van der Waals surface area contributed by atoms with Gasteiger partial charge in [-0.3, -0.25) is 9.79 Å². The lowest BCUT2D eigenvalue weighted by Crippen LogP contribution is -2.48. The first-order valence-electron chi connectivity index (χ1n) is 10.7. The Labute approximate surface area is 172 Å². The number of hydrogen-bond donors (Lipinski definition) is 2. The molecule has 0 spiro atoms. The maximum atomic E-state index is 13.9. The smallest absolute Gasteiger partial charge is 0.217 e. The molecule has 1 atom stereocenters. The summed E-state index contributed by atoms with van der Waals surface area (Å²) < 4.78 is 19.5. The zero-order chi connectivity index (χ0) is 20.7. The molecule has 7 heteroatoms. The molecule has 29 heavy (non-hydrogen) atoms. The Morgan fingerprint density at radius 3 is 2.90 bits per heavy atom. The van der Waals surface area contributed by atoms with Crippen LogP contribution in [0.3, 0.4) is 0 Å². The van der Waals surface area contributed by atoms with Crippen LogP contribution in [0.2, 0.25) is 0 Å². The summed E-state index contributed by atoms with van der Waals surface area (Å²) in [6.07, 6.45) is 4.10. The minimum atomic E-state index is -0.244. The number of carbonyl (C=O) groups excluding carboxylic acids is 1. The molecule has 1 aromatic carbocycles. The van der Waals surface area contributed by atoms with Gasteiger partial charge in [-0.1, -0.05) is 12.1 Å². The SMILES string of the molecule is CCNC(=NCC1(c2cccc(F)c2)CCOCC1)N1CCCC(CC(N)=O)C1. The zero-order valence-corrected chi connectivity index (χ0v) is 17.3. The molecule has 2 fully saturated rings. The Bertz CT molecular complexity index is 719. The second-order valence-corrected chi connectivity index (χ2v) is 8.20. The van der Waals surface area contributed by atoms with Gasteiger partial charge < -0.3 is 20.7 Å². The van der Waals surface area contributed by atoms with Crippen LogP contribution in [-0.4, -0.2) is 56.2 Å². The third kappa shape index (κ3) is 5.69. The number of nitrogens with one attached hydrogen (secondary N) is 1. The van der Waals surface area contributed by atoms with E-state index in [0.29, 0.717) is 26.2 Å². The number of guanidine groups is 1. The van der Waals surface area contributed by atoms with Gasteiger partial charge in [0.2, 0.25) is 5.91 Å². The monoisotopic (exact) mass is 404 g/mol. The van der Waals surface area contributed by atoms with E-state index in [1.807, 2.05) is 6.07 Å². The van der Waals surface area contributed by atoms with Gasteiger partial charge in [0.15, 0.2) is 5.96 Å². The second kappa shape index (κ2) is 10.1. The van der Waals surface area contributed by atoms with Crippen molar-refractivity contribution >= 4 is 11.9 Å². The van der Waals surface area contributed by atoms with Gasteiger partial charge >= 0.3 is 0 Å². The first kappa shape index (κ1) is 21.6. The van der Waals surface area contributed by atoms with Crippen molar-refractivity contribution in [2.45, 2.75) is 44.4 Å². The summed E-state index contributed by atoms with van der Waals surface area (Å²) in [4.78, 5) is 18.6. The van der Waals surface area contributed by atoms with E-state index < -0.39 is 0 Å². The highest BCUT2D eigenvalue weighted by atomic mass is 19.1. The number of rotatable bonds is 6. The molecule has 0 bridgehead atoms. The summed E-state index contributed by atoms with van der Waals surface area (Å²) in [5.74, 6) is 0.676. The number of piperidine rings is 1. The fraction of sp³-hybridized carbons (Fsp3) is 0.636. The Morgan fingerprint density at radius 1 is 1.41 bits per heavy atom. The molecule has 0 radical (unpaired) electrons. The van der Waals surface area contributed by atoms with E-state index in [1.165, 1.54) is 6.07 Å². The number of halogens is 1. The highest BCUT2D eigenvalue weighted by Gasteiger charge is 2.35. The van der Waals surface area contributed by atoms with Crippen molar-refractivity contribution in [1.29, 1.82) is 0 Å². The molecule has 2 heterocycles. The van der Waals surface area contributed by atoms with Crippen LogP contribution in [0.25, 0.3) is 0 Å². The van der Waals surface area contributed by atoms with E-state index in [2.05, 4.69) is 17.1 Å². The lowest BCUT2D eigenvalue weighted by molar-refractivity contribution is -0.119. The number of aliphatic imine (C=N–C) groups is 1. The quantitative estimate of drug-likeness (QED) is 0.564. The van der Waals surface area contributed by atoms with E-state index in [9.17, 15) is 9.18 Å². The van der Waals surface area contributed by atoms with Crippen LogP contribution in [0.1, 0.15) is 44.6 Å². The molecule has 2 aliphatic heterocycles. The Hall–Kier alpha value is -2.15. The van der Waals surface area contributed by atoms with Crippen LogP contribution in [0, 0.1) is 11.7 Å². The first-order valence-corrected chi connectivity index (χ1v) is 10.7. The lowest BCUT2D eigenvalue weighted by Gasteiger charge is -2.38. The molecule has 0 aliphatic carbocycles. The molecule has 160 valence electrons. The first-order chi connectivity index (χ1) is 14.0. The summed E-state index contributed by atoms with van der Waals surface area (Å²) in [5, 5.41) is 3.40. The maximum Gasteiger partial charge on any atom is 0.217 e. The van der Waals surface area contributed by atoms with E-state index in [0.717, 1.165) is 56.8 Å². The number of amides is 1. The lowest BCUT2D eigenvalue weighted by atomic mass is 9.74. The normalized spacial score (nSPS) is 22.3. The van der Waals surface area contributed by atoms with Crippen molar-refractivity contribution in [3.63, 3.8) is 0 Å². The summed E-state index contributed by atoms with van der Waals surface area (Å²) >= 11 is 0. The highest BCUT2D eigenvalue weighted by molar-refractivity contribution is 5.80. The number of nitrogens with two attached hydrogens (primary N) is 1.